The number of nitrogen functional groups attached to an aromatic ring is 1. The summed E-state index contributed by atoms with van der Waals surface area (Å²) in [5.41, 5.74) is 7.20. The summed E-state index contributed by atoms with van der Waals surface area (Å²) in [6.07, 6.45) is 0. The van der Waals surface area contributed by atoms with Crippen molar-refractivity contribution in [2.75, 3.05) is 12.8 Å². The van der Waals surface area contributed by atoms with Gasteiger partial charge in [-0.1, -0.05) is 33.6 Å². The highest BCUT2D eigenvalue weighted by molar-refractivity contribution is 9.10. The highest BCUT2D eigenvalue weighted by atomic mass is 79.9. The van der Waals surface area contributed by atoms with Crippen LogP contribution in [-0.4, -0.2) is 13.1 Å². The lowest BCUT2D eigenvalue weighted by molar-refractivity contribution is 0.0472. The first kappa shape index (κ1) is 15.7. The lowest BCUT2D eigenvalue weighted by atomic mass is 10.2. The van der Waals surface area contributed by atoms with E-state index in [1.807, 2.05) is 6.07 Å². The first-order valence-electron chi connectivity index (χ1n) is 6.05. The van der Waals surface area contributed by atoms with Gasteiger partial charge in [0.05, 0.1) is 12.7 Å². The fourth-order valence-corrected chi connectivity index (χ4v) is 2.45. The maximum absolute atomic E-state index is 12.0. The van der Waals surface area contributed by atoms with Crippen LogP contribution in [0.5, 0.6) is 5.75 Å². The molecule has 2 rings (SSSR count). The number of hydrogen-bond donors (Lipinski definition) is 1. The number of nitrogens with two attached hydrogens (primary N) is 1. The maximum Gasteiger partial charge on any atom is 0.338 e. The van der Waals surface area contributed by atoms with Crippen LogP contribution in [0.15, 0.2) is 40.9 Å². The molecular weight excluding hydrogens is 358 g/mol. The van der Waals surface area contributed by atoms with Gasteiger partial charge in [-0.15, -0.1) is 0 Å². The molecule has 6 heteroatoms. The Kier molecular flexibility index (Phi) is 5.09. The molecule has 4 nitrogen and oxygen atoms in total. The van der Waals surface area contributed by atoms with Crippen LogP contribution in [0.2, 0.25) is 5.02 Å². The van der Waals surface area contributed by atoms with Crippen LogP contribution in [0.4, 0.5) is 5.69 Å². The van der Waals surface area contributed by atoms with Gasteiger partial charge in [0.2, 0.25) is 0 Å². The Morgan fingerprint density at radius 3 is 2.71 bits per heavy atom. The van der Waals surface area contributed by atoms with Gasteiger partial charge in [0.15, 0.2) is 0 Å². The van der Waals surface area contributed by atoms with Crippen LogP contribution < -0.4 is 10.5 Å². The average Bonchev–Trinajstić information content (AvgIpc) is 2.45. The summed E-state index contributed by atoms with van der Waals surface area (Å²) < 4.78 is 11.2. The largest absolute Gasteiger partial charge is 0.497 e. The van der Waals surface area contributed by atoms with E-state index in [0.717, 1.165) is 10.0 Å². The predicted octanol–water partition coefficient (Wildman–Crippen LogP) is 4.05. The minimum atomic E-state index is -0.486. The zero-order valence-corrected chi connectivity index (χ0v) is 13.6. The second-order valence-electron chi connectivity index (χ2n) is 4.31. The molecule has 0 spiro atoms. The van der Waals surface area contributed by atoms with Crippen molar-refractivity contribution < 1.29 is 14.3 Å². The number of methoxy groups -OCH3 is 1. The molecule has 2 aromatic carbocycles. The summed E-state index contributed by atoms with van der Waals surface area (Å²) in [7, 11) is 1.51. The van der Waals surface area contributed by atoms with E-state index in [4.69, 9.17) is 26.8 Å². The molecule has 0 unspecified atom stereocenters. The molecule has 0 heterocycles. The molecule has 21 heavy (non-hydrogen) atoms. The summed E-state index contributed by atoms with van der Waals surface area (Å²) in [5, 5.41) is 0.530. The number of carbonyl (C=O) groups excluding carboxylic acids is 1. The molecule has 0 aromatic heterocycles. The van der Waals surface area contributed by atoms with Gasteiger partial charge >= 0.3 is 5.97 Å². The van der Waals surface area contributed by atoms with Crippen LogP contribution in [0.25, 0.3) is 0 Å². The summed E-state index contributed by atoms with van der Waals surface area (Å²) in [6.45, 7) is 0.0854. The molecule has 0 saturated heterocycles. The van der Waals surface area contributed by atoms with E-state index in [2.05, 4.69) is 15.9 Å². The number of carbonyl (C=O) groups is 1. The van der Waals surface area contributed by atoms with Crippen LogP contribution >= 0.6 is 27.5 Å². The Bertz CT molecular complexity index is 676. The van der Waals surface area contributed by atoms with E-state index < -0.39 is 5.97 Å². The Labute approximate surface area is 135 Å². The van der Waals surface area contributed by atoms with Gasteiger partial charge in [-0.25, -0.2) is 4.79 Å². The molecule has 0 aliphatic heterocycles. The topological polar surface area (TPSA) is 61.5 Å². The van der Waals surface area contributed by atoms with E-state index >= 15 is 0 Å². The molecule has 2 N–H and O–H groups in total. The quantitative estimate of drug-likeness (QED) is 0.651. The highest BCUT2D eigenvalue weighted by Crippen LogP contribution is 2.23. The van der Waals surface area contributed by atoms with Gasteiger partial charge < -0.3 is 15.2 Å². The summed E-state index contributed by atoms with van der Waals surface area (Å²) in [5.74, 6) is 0.0169. The molecule has 0 atom stereocenters. The zero-order valence-electron chi connectivity index (χ0n) is 11.2. The standard InChI is InChI=1S/C15H13BrClNO3/c1-20-13-5-10(4-12(18)7-13)15(19)21-8-9-2-3-11(16)6-14(9)17/h2-7H,8,18H2,1H3. The van der Waals surface area contributed by atoms with Crippen LogP contribution in [0, 0.1) is 0 Å². The van der Waals surface area contributed by atoms with Gasteiger partial charge in [-0.2, -0.15) is 0 Å². The van der Waals surface area contributed by atoms with Gasteiger partial charge in [0.1, 0.15) is 12.4 Å². The van der Waals surface area contributed by atoms with E-state index in [1.54, 1.807) is 24.3 Å². The zero-order chi connectivity index (χ0) is 15.4. The lowest BCUT2D eigenvalue weighted by Crippen LogP contribution is -2.06. The first-order chi connectivity index (χ1) is 9.99. The predicted molar refractivity (Wildman–Crippen MR) is 85.7 cm³/mol. The van der Waals surface area contributed by atoms with Gasteiger partial charge in [-0.05, 0) is 24.3 Å². The number of benzene rings is 2. The Morgan fingerprint density at radius 1 is 1.29 bits per heavy atom. The molecule has 0 aliphatic carbocycles. The number of halogens is 2. The summed E-state index contributed by atoms with van der Waals surface area (Å²) in [6, 6.07) is 10.1. The number of esters is 1. The normalized spacial score (nSPS) is 10.2. The van der Waals surface area contributed by atoms with Crippen LogP contribution in [0.3, 0.4) is 0 Å². The second-order valence-corrected chi connectivity index (χ2v) is 5.63. The summed E-state index contributed by atoms with van der Waals surface area (Å²) >= 11 is 9.39. The molecule has 2 aromatic rings. The van der Waals surface area contributed by atoms with E-state index in [0.29, 0.717) is 22.0 Å². The third-order valence-corrected chi connectivity index (χ3v) is 3.62. The molecule has 0 fully saturated rings. The first-order valence-corrected chi connectivity index (χ1v) is 7.22. The van der Waals surface area contributed by atoms with Crippen molar-refractivity contribution in [3.05, 3.63) is 57.0 Å². The number of hydrogen-bond acceptors (Lipinski definition) is 4. The molecule has 110 valence electrons. The molecule has 0 amide bonds. The number of anilines is 1. The highest BCUT2D eigenvalue weighted by Gasteiger charge is 2.11. The van der Waals surface area contributed by atoms with Gasteiger partial charge in [0, 0.05) is 26.8 Å². The molecule has 0 bridgehead atoms. The van der Waals surface area contributed by atoms with Crippen molar-refractivity contribution in [3.8, 4) is 5.75 Å². The van der Waals surface area contributed by atoms with Crippen molar-refractivity contribution in [3.63, 3.8) is 0 Å². The fourth-order valence-electron chi connectivity index (χ4n) is 1.72. The average molecular weight is 371 g/mol. The van der Waals surface area contributed by atoms with E-state index in [1.165, 1.54) is 13.2 Å². The smallest absolute Gasteiger partial charge is 0.338 e. The Hall–Kier alpha value is -1.72. The number of rotatable bonds is 4. The van der Waals surface area contributed by atoms with E-state index in [-0.39, 0.29) is 6.61 Å². The van der Waals surface area contributed by atoms with Gasteiger partial charge in [-0.3, -0.25) is 0 Å². The minimum absolute atomic E-state index is 0.0854. The molecule has 0 saturated carbocycles. The maximum atomic E-state index is 12.0. The van der Waals surface area contributed by atoms with Crippen molar-refractivity contribution in [2.24, 2.45) is 0 Å². The Balaban J connectivity index is 2.09. The fraction of sp³-hybridized carbons (Fsp3) is 0.133. The lowest BCUT2D eigenvalue weighted by Gasteiger charge is -2.09. The number of ether oxygens (including phenoxy) is 2. The third-order valence-electron chi connectivity index (χ3n) is 2.77. The molecule has 0 radical (unpaired) electrons. The van der Waals surface area contributed by atoms with Crippen LogP contribution in [-0.2, 0) is 11.3 Å². The SMILES string of the molecule is COc1cc(N)cc(C(=O)OCc2ccc(Br)cc2Cl)c1. The molecular formula is C15H13BrClNO3. The van der Waals surface area contributed by atoms with Crippen LogP contribution in [0.1, 0.15) is 15.9 Å². The van der Waals surface area contributed by atoms with Crippen molar-refractivity contribution in [1.82, 2.24) is 0 Å². The van der Waals surface area contributed by atoms with Gasteiger partial charge in [0.25, 0.3) is 0 Å². The van der Waals surface area contributed by atoms with Crippen molar-refractivity contribution in [2.45, 2.75) is 6.61 Å². The molecule has 0 aliphatic rings. The second kappa shape index (κ2) is 6.83. The summed E-state index contributed by atoms with van der Waals surface area (Å²) in [4.78, 5) is 12.0. The minimum Gasteiger partial charge on any atom is -0.497 e. The van der Waals surface area contributed by atoms with Crippen molar-refractivity contribution >= 4 is 39.2 Å². The third kappa shape index (κ3) is 4.12. The van der Waals surface area contributed by atoms with E-state index in [9.17, 15) is 4.79 Å². The monoisotopic (exact) mass is 369 g/mol. The van der Waals surface area contributed by atoms with Crippen molar-refractivity contribution in [1.29, 1.82) is 0 Å². The Morgan fingerprint density at radius 2 is 2.05 bits per heavy atom.